The molecule has 20 heavy (non-hydrogen) atoms. The van der Waals surface area contributed by atoms with Crippen molar-refractivity contribution in [2.45, 2.75) is 25.9 Å². The van der Waals surface area contributed by atoms with Gasteiger partial charge in [-0.05, 0) is 32.0 Å². The van der Waals surface area contributed by atoms with Gasteiger partial charge in [-0.15, -0.1) is 0 Å². The molecular weight excluding hydrogens is 254 g/mol. The van der Waals surface area contributed by atoms with E-state index in [0.29, 0.717) is 0 Å². The number of pyridine rings is 1. The fourth-order valence-corrected chi connectivity index (χ4v) is 1.82. The summed E-state index contributed by atoms with van der Waals surface area (Å²) in [6.45, 7) is 4.35. The van der Waals surface area contributed by atoms with Gasteiger partial charge >= 0.3 is 0 Å². The fraction of sp³-hybridized carbons (Fsp3) is 0.357. The molecule has 2 atom stereocenters. The molecule has 0 fully saturated rings. The number of hydrogen-bond donors (Lipinski definition) is 2. The third kappa shape index (κ3) is 3.89. The quantitative estimate of drug-likeness (QED) is 0.835. The third-order valence-electron chi connectivity index (χ3n) is 3.21. The minimum atomic E-state index is -0.0734. The highest BCUT2D eigenvalue weighted by atomic mass is 16.1. The smallest absolute Gasteiger partial charge is 0.238 e. The Morgan fingerprint density at radius 2 is 2.05 bits per heavy atom. The predicted molar refractivity (Wildman–Crippen MR) is 77.3 cm³/mol. The van der Waals surface area contributed by atoms with E-state index in [1.165, 1.54) is 0 Å². The Morgan fingerprint density at radius 3 is 2.70 bits per heavy atom. The molecule has 0 saturated heterocycles. The first-order chi connectivity index (χ1) is 9.66. The Hall–Kier alpha value is -2.21. The van der Waals surface area contributed by atoms with E-state index in [4.69, 9.17) is 0 Å². The first-order valence-electron chi connectivity index (χ1n) is 6.59. The van der Waals surface area contributed by atoms with Gasteiger partial charge in [0.2, 0.25) is 5.91 Å². The number of amides is 1. The van der Waals surface area contributed by atoms with Crippen LogP contribution in [0.4, 0.5) is 5.69 Å². The highest BCUT2D eigenvalue weighted by Crippen LogP contribution is 2.08. The Labute approximate surface area is 118 Å². The number of nitrogens with zero attached hydrogens (tertiary/aromatic N) is 3. The zero-order valence-electron chi connectivity index (χ0n) is 11.7. The molecule has 2 rings (SSSR count). The van der Waals surface area contributed by atoms with Crippen LogP contribution in [-0.4, -0.2) is 33.3 Å². The van der Waals surface area contributed by atoms with Crippen LogP contribution in [0.15, 0.2) is 43.0 Å². The summed E-state index contributed by atoms with van der Waals surface area (Å²) in [6.07, 6.45) is 6.95. The maximum absolute atomic E-state index is 11.8. The molecule has 1 amide bonds. The minimum absolute atomic E-state index is 0.0734. The maximum atomic E-state index is 11.8. The number of aromatic nitrogens is 3. The number of carbonyl (C=O) groups is 1. The van der Waals surface area contributed by atoms with Gasteiger partial charge in [0.15, 0.2) is 0 Å². The summed E-state index contributed by atoms with van der Waals surface area (Å²) in [5.41, 5.74) is 0.750. The number of nitrogens with one attached hydrogen (secondary N) is 2. The van der Waals surface area contributed by atoms with Crippen molar-refractivity contribution in [2.24, 2.45) is 0 Å². The topological polar surface area (TPSA) is 71.8 Å². The molecule has 106 valence electrons. The lowest BCUT2D eigenvalue weighted by Crippen LogP contribution is -2.39. The van der Waals surface area contributed by atoms with E-state index in [2.05, 4.69) is 27.6 Å². The summed E-state index contributed by atoms with van der Waals surface area (Å²) in [4.78, 5) is 15.7. The lowest BCUT2D eigenvalue weighted by atomic mass is 10.2. The molecule has 0 aliphatic heterocycles. The van der Waals surface area contributed by atoms with Crippen LogP contribution in [-0.2, 0) is 4.79 Å². The van der Waals surface area contributed by atoms with Crippen molar-refractivity contribution in [3.05, 3.63) is 43.0 Å². The molecule has 6 nitrogen and oxygen atoms in total. The summed E-state index contributed by atoms with van der Waals surface area (Å²) < 4.78 is 1.87. The molecule has 6 heteroatoms. The van der Waals surface area contributed by atoms with Gasteiger partial charge in [0.05, 0.1) is 12.6 Å². The minimum Gasteiger partial charge on any atom is -0.325 e. The average molecular weight is 273 g/mol. The molecule has 0 saturated carbocycles. The molecule has 2 aromatic rings. The molecule has 0 unspecified atom stereocenters. The first-order valence-corrected chi connectivity index (χ1v) is 6.59. The number of hydrogen-bond acceptors (Lipinski definition) is 4. The van der Waals surface area contributed by atoms with Gasteiger partial charge < -0.3 is 10.6 Å². The second-order valence-corrected chi connectivity index (χ2v) is 4.68. The van der Waals surface area contributed by atoms with Crippen LogP contribution in [0, 0.1) is 0 Å². The van der Waals surface area contributed by atoms with Gasteiger partial charge in [-0.3, -0.25) is 14.5 Å². The van der Waals surface area contributed by atoms with Crippen molar-refractivity contribution in [1.82, 2.24) is 20.1 Å². The molecular formula is C14H19N5O. The van der Waals surface area contributed by atoms with Crippen LogP contribution < -0.4 is 10.6 Å². The van der Waals surface area contributed by atoms with Crippen molar-refractivity contribution in [1.29, 1.82) is 0 Å². The largest absolute Gasteiger partial charge is 0.325 e. The van der Waals surface area contributed by atoms with E-state index in [9.17, 15) is 4.79 Å². The van der Waals surface area contributed by atoms with E-state index in [0.717, 1.165) is 5.69 Å². The van der Waals surface area contributed by atoms with E-state index < -0.39 is 0 Å². The second kappa shape index (κ2) is 6.81. The maximum Gasteiger partial charge on any atom is 0.238 e. The summed E-state index contributed by atoms with van der Waals surface area (Å²) in [6, 6.07) is 5.72. The number of rotatable bonds is 6. The van der Waals surface area contributed by atoms with Gasteiger partial charge in [0, 0.05) is 36.5 Å². The summed E-state index contributed by atoms with van der Waals surface area (Å²) >= 11 is 0. The zero-order valence-corrected chi connectivity index (χ0v) is 11.7. The molecule has 0 radical (unpaired) electrons. The SMILES string of the molecule is C[C@@H](NCC(=O)Nc1ccncc1)[C@H](C)n1cccn1. The van der Waals surface area contributed by atoms with Crippen molar-refractivity contribution >= 4 is 11.6 Å². The molecule has 0 bridgehead atoms. The molecule has 2 aromatic heterocycles. The summed E-state index contributed by atoms with van der Waals surface area (Å²) in [7, 11) is 0. The van der Waals surface area contributed by atoms with E-state index in [-0.39, 0.29) is 24.5 Å². The standard InChI is InChI=1S/C14H19N5O/c1-11(12(2)19-9-3-6-17-19)16-10-14(20)18-13-4-7-15-8-5-13/h3-9,11-12,16H,10H2,1-2H3,(H,15,18,20)/t11-,12+/m1/s1. The third-order valence-corrected chi connectivity index (χ3v) is 3.21. The van der Waals surface area contributed by atoms with Gasteiger partial charge in [-0.2, -0.15) is 5.10 Å². The fourth-order valence-electron chi connectivity index (χ4n) is 1.82. The predicted octanol–water partition coefficient (Wildman–Crippen LogP) is 1.46. The summed E-state index contributed by atoms with van der Waals surface area (Å²) in [5, 5.41) is 10.2. The Bertz CT molecular complexity index is 526. The van der Waals surface area contributed by atoms with Gasteiger partial charge in [-0.1, -0.05) is 0 Å². The van der Waals surface area contributed by atoms with E-state index in [1.807, 2.05) is 23.9 Å². The van der Waals surface area contributed by atoms with Crippen LogP contribution in [0.1, 0.15) is 19.9 Å². The Morgan fingerprint density at radius 1 is 1.30 bits per heavy atom. The lowest BCUT2D eigenvalue weighted by molar-refractivity contribution is -0.115. The van der Waals surface area contributed by atoms with Crippen molar-refractivity contribution in [3.8, 4) is 0 Å². The summed E-state index contributed by atoms with van der Waals surface area (Å²) in [5.74, 6) is -0.0734. The molecule has 2 heterocycles. The highest BCUT2D eigenvalue weighted by molar-refractivity contribution is 5.92. The molecule has 2 N–H and O–H groups in total. The van der Waals surface area contributed by atoms with Crippen LogP contribution in [0.3, 0.4) is 0 Å². The van der Waals surface area contributed by atoms with Crippen LogP contribution in [0.25, 0.3) is 0 Å². The second-order valence-electron chi connectivity index (χ2n) is 4.68. The Kier molecular flexibility index (Phi) is 4.84. The molecule has 0 spiro atoms. The molecule has 0 aliphatic rings. The van der Waals surface area contributed by atoms with E-state index in [1.54, 1.807) is 30.7 Å². The van der Waals surface area contributed by atoms with Crippen LogP contribution in [0.2, 0.25) is 0 Å². The van der Waals surface area contributed by atoms with Crippen molar-refractivity contribution < 1.29 is 4.79 Å². The van der Waals surface area contributed by atoms with Gasteiger partial charge in [0.25, 0.3) is 0 Å². The van der Waals surface area contributed by atoms with Crippen LogP contribution in [0.5, 0.6) is 0 Å². The number of anilines is 1. The van der Waals surface area contributed by atoms with Gasteiger partial charge in [-0.25, -0.2) is 0 Å². The van der Waals surface area contributed by atoms with Crippen LogP contribution >= 0.6 is 0 Å². The Balaban J connectivity index is 1.78. The van der Waals surface area contributed by atoms with Crippen molar-refractivity contribution in [3.63, 3.8) is 0 Å². The zero-order chi connectivity index (χ0) is 14.4. The average Bonchev–Trinajstić information content (AvgIpc) is 2.99. The first kappa shape index (κ1) is 14.2. The van der Waals surface area contributed by atoms with Crippen molar-refractivity contribution in [2.75, 3.05) is 11.9 Å². The van der Waals surface area contributed by atoms with Gasteiger partial charge in [0.1, 0.15) is 0 Å². The number of carbonyl (C=O) groups excluding carboxylic acids is 1. The molecule has 0 aliphatic carbocycles. The molecule has 0 aromatic carbocycles. The van der Waals surface area contributed by atoms with E-state index >= 15 is 0 Å². The lowest BCUT2D eigenvalue weighted by Gasteiger charge is -2.21. The normalized spacial score (nSPS) is 13.7. The monoisotopic (exact) mass is 273 g/mol. The highest BCUT2D eigenvalue weighted by Gasteiger charge is 2.14.